The molecule has 0 fully saturated rings. The van der Waals surface area contributed by atoms with Gasteiger partial charge in [-0.1, -0.05) is 49.1 Å². The van der Waals surface area contributed by atoms with Crippen LogP contribution in [0.2, 0.25) is 0 Å². The maximum Gasteiger partial charge on any atom is 0.125 e. The molecule has 1 aromatic carbocycles. The Morgan fingerprint density at radius 2 is 1.82 bits per heavy atom. The predicted molar refractivity (Wildman–Crippen MR) is 119 cm³/mol. The van der Waals surface area contributed by atoms with Crippen molar-refractivity contribution in [3.05, 3.63) is 33.8 Å². The third kappa shape index (κ3) is 9.70. The molecule has 0 saturated carbocycles. The van der Waals surface area contributed by atoms with Gasteiger partial charge in [0.2, 0.25) is 0 Å². The Kier molecular flexibility index (Phi) is 12.1. The summed E-state index contributed by atoms with van der Waals surface area (Å²) < 4.78 is 11.9. The van der Waals surface area contributed by atoms with E-state index in [4.69, 9.17) is 37.5 Å². The van der Waals surface area contributed by atoms with Crippen LogP contribution in [-0.4, -0.2) is 25.5 Å². The minimum absolute atomic E-state index is 0.208. The second-order valence-electron chi connectivity index (χ2n) is 7.02. The summed E-state index contributed by atoms with van der Waals surface area (Å²) >= 11 is 11.2. The van der Waals surface area contributed by atoms with Crippen molar-refractivity contribution >= 4 is 28.9 Å². The van der Waals surface area contributed by atoms with Crippen LogP contribution in [-0.2, 0) is 11.3 Å². The van der Waals surface area contributed by atoms with E-state index in [1.165, 1.54) is 0 Å². The molecule has 0 spiro atoms. The van der Waals surface area contributed by atoms with Gasteiger partial charge in [-0.05, 0) is 74.8 Å². The minimum atomic E-state index is 0.208. The third-order valence-corrected chi connectivity index (χ3v) is 4.67. The number of unbranched alkanes of at least 4 members (excludes halogenated alkanes) is 2. The lowest BCUT2D eigenvalue weighted by Gasteiger charge is -2.15. The number of ether oxygens (including phenoxy) is 2. The molecular formula is C22H33Cl2NO3. The van der Waals surface area contributed by atoms with Gasteiger partial charge in [0.1, 0.15) is 29.2 Å². The van der Waals surface area contributed by atoms with Crippen LogP contribution in [0.5, 0.6) is 11.5 Å². The highest BCUT2D eigenvalue weighted by Crippen LogP contribution is 2.30. The molecule has 0 amide bonds. The number of oxime groups is 1. The Labute approximate surface area is 179 Å². The van der Waals surface area contributed by atoms with E-state index in [1.807, 2.05) is 26.0 Å². The van der Waals surface area contributed by atoms with Gasteiger partial charge in [-0.15, -0.1) is 0 Å². The number of rotatable bonds is 13. The first-order valence-corrected chi connectivity index (χ1v) is 10.7. The van der Waals surface area contributed by atoms with Crippen molar-refractivity contribution in [2.75, 3.05) is 19.8 Å². The SMILES string of the molecule is CCc1cc(OCC=C(Cl)Cl)cc(C)c1OCCCCCON=C(C)C(C)C. The summed E-state index contributed by atoms with van der Waals surface area (Å²) in [4.78, 5) is 5.35. The molecule has 0 N–H and O–H groups in total. The fourth-order valence-electron chi connectivity index (χ4n) is 2.44. The lowest BCUT2D eigenvalue weighted by atomic mass is 10.1. The van der Waals surface area contributed by atoms with E-state index in [2.05, 4.69) is 25.9 Å². The molecule has 0 bridgehead atoms. The lowest BCUT2D eigenvalue weighted by Crippen LogP contribution is -2.04. The van der Waals surface area contributed by atoms with Crippen molar-refractivity contribution in [3.63, 3.8) is 0 Å². The lowest BCUT2D eigenvalue weighted by molar-refractivity contribution is 0.137. The largest absolute Gasteiger partial charge is 0.493 e. The summed E-state index contributed by atoms with van der Waals surface area (Å²) in [6, 6.07) is 3.99. The van der Waals surface area contributed by atoms with Crippen LogP contribution in [0.3, 0.4) is 0 Å². The van der Waals surface area contributed by atoms with Crippen molar-refractivity contribution < 1.29 is 14.3 Å². The number of hydrogen-bond donors (Lipinski definition) is 0. The van der Waals surface area contributed by atoms with Gasteiger partial charge in [0, 0.05) is 0 Å². The maximum absolute atomic E-state index is 6.05. The zero-order valence-electron chi connectivity index (χ0n) is 17.7. The Morgan fingerprint density at radius 3 is 2.46 bits per heavy atom. The second kappa shape index (κ2) is 13.7. The molecule has 0 aliphatic carbocycles. The van der Waals surface area contributed by atoms with Crippen molar-refractivity contribution in [2.45, 2.75) is 60.3 Å². The summed E-state index contributed by atoms with van der Waals surface area (Å²) in [7, 11) is 0. The van der Waals surface area contributed by atoms with Crippen LogP contribution in [0.1, 0.15) is 58.1 Å². The minimum Gasteiger partial charge on any atom is -0.493 e. The van der Waals surface area contributed by atoms with Crippen molar-refractivity contribution in [1.82, 2.24) is 0 Å². The van der Waals surface area contributed by atoms with E-state index in [0.29, 0.717) is 25.7 Å². The summed E-state index contributed by atoms with van der Waals surface area (Å²) in [5.41, 5.74) is 3.23. The Hall–Kier alpha value is -1.39. The first-order chi connectivity index (χ1) is 13.3. The van der Waals surface area contributed by atoms with Crippen LogP contribution in [0.4, 0.5) is 0 Å². The van der Waals surface area contributed by atoms with E-state index in [0.717, 1.165) is 54.0 Å². The van der Waals surface area contributed by atoms with Gasteiger partial charge < -0.3 is 14.3 Å². The highest BCUT2D eigenvalue weighted by molar-refractivity contribution is 6.55. The van der Waals surface area contributed by atoms with Crippen LogP contribution in [0.15, 0.2) is 27.9 Å². The van der Waals surface area contributed by atoms with Crippen molar-refractivity contribution in [1.29, 1.82) is 0 Å². The molecule has 6 heteroatoms. The number of nitrogens with zero attached hydrogens (tertiary/aromatic N) is 1. The van der Waals surface area contributed by atoms with Gasteiger partial charge in [0.15, 0.2) is 0 Å². The average Bonchev–Trinajstić information content (AvgIpc) is 2.64. The normalized spacial score (nSPS) is 11.5. The van der Waals surface area contributed by atoms with Gasteiger partial charge in [-0.3, -0.25) is 0 Å². The molecule has 1 rings (SSSR count). The fourth-order valence-corrected chi connectivity index (χ4v) is 2.56. The van der Waals surface area contributed by atoms with E-state index in [-0.39, 0.29) is 4.49 Å². The molecular weight excluding hydrogens is 397 g/mol. The fraction of sp³-hybridized carbons (Fsp3) is 0.591. The van der Waals surface area contributed by atoms with Gasteiger partial charge in [0.25, 0.3) is 0 Å². The Balaban J connectivity index is 2.41. The summed E-state index contributed by atoms with van der Waals surface area (Å²) in [5.74, 6) is 2.17. The molecule has 0 heterocycles. The summed E-state index contributed by atoms with van der Waals surface area (Å²) in [5, 5.41) is 4.12. The van der Waals surface area contributed by atoms with Gasteiger partial charge >= 0.3 is 0 Å². The van der Waals surface area contributed by atoms with E-state index in [9.17, 15) is 0 Å². The topological polar surface area (TPSA) is 40.0 Å². The molecule has 0 aromatic heterocycles. The molecule has 4 nitrogen and oxygen atoms in total. The second-order valence-corrected chi connectivity index (χ2v) is 8.02. The van der Waals surface area contributed by atoms with Crippen LogP contribution in [0, 0.1) is 12.8 Å². The first-order valence-electron chi connectivity index (χ1n) is 9.91. The standard InChI is InChI=1S/C22H33Cl2NO3/c1-6-19-15-20(26-13-10-21(23)24)14-17(4)22(19)27-11-8-7-9-12-28-25-18(5)16(2)3/h10,14-16H,6-9,11-13H2,1-5H3. The number of benzene rings is 1. The molecule has 0 atom stereocenters. The molecule has 0 radical (unpaired) electrons. The molecule has 158 valence electrons. The van der Waals surface area contributed by atoms with Crippen LogP contribution < -0.4 is 9.47 Å². The molecule has 0 aliphatic heterocycles. The van der Waals surface area contributed by atoms with Crippen LogP contribution >= 0.6 is 23.2 Å². The Morgan fingerprint density at radius 1 is 1.11 bits per heavy atom. The van der Waals surface area contributed by atoms with Crippen LogP contribution in [0.25, 0.3) is 0 Å². The van der Waals surface area contributed by atoms with Gasteiger partial charge in [0.05, 0.1) is 12.3 Å². The molecule has 0 unspecified atom stereocenters. The molecule has 0 aliphatic rings. The monoisotopic (exact) mass is 429 g/mol. The highest BCUT2D eigenvalue weighted by Gasteiger charge is 2.09. The van der Waals surface area contributed by atoms with E-state index in [1.54, 1.807) is 6.08 Å². The zero-order valence-corrected chi connectivity index (χ0v) is 19.2. The van der Waals surface area contributed by atoms with Gasteiger partial charge in [-0.25, -0.2) is 0 Å². The Bertz CT molecular complexity index is 653. The zero-order chi connectivity index (χ0) is 20.9. The van der Waals surface area contributed by atoms with E-state index < -0.39 is 0 Å². The van der Waals surface area contributed by atoms with Crippen molar-refractivity contribution in [2.24, 2.45) is 11.1 Å². The maximum atomic E-state index is 6.05. The summed E-state index contributed by atoms with van der Waals surface area (Å²) in [6.07, 6.45) is 5.50. The number of hydrogen-bond acceptors (Lipinski definition) is 4. The average molecular weight is 430 g/mol. The predicted octanol–water partition coefficient (Wildman–Crippen LogP) is 6.85. The first kappa shape index (κ1) is 24.6. The van der Waals surface area contributed by atoms with Gasteiger partial charge in [-0.2, -0.15) is 0 Å². The summed E-state index contributed by atoms with van der Waals surface area (Å²) in [6.45, 7) is 12.0. The van der Waals surface area contributed by atoms with Crippen molar-refractivity contribution in [3.8, 4) is 11.5 Å². The van der Waals surface area contributed by atoms with E-state index >= 15 is 0 Å². The molecule has 0 saturated heterocycles. The molecule has 28 heavy (non-hydrogen) atoms. The molecule has 1 aromatic rings. The third-order valence-electron chi connectivity index (χ3n) is 4.36. The highest BCUT2D eigenvalue weighted by atomic mass is 35.5. The number of halogens is 2. The quantitative estimate of drug-likeness (QED) is 0.195. The smallest absolute Gasteiger partial charge is 0.125 e. The number of aryl methyl sites for hydroxylation is 2.